The van der Waals surface area contributed by atoms with Crippen LogP contribution in [0.5, 0.6) is 5.75 Å². The Balaban J connectivity index is 1.66. The van der Waals surface area contributed by atoms with E-state index in [1.54, 1.807) is 18.9 Å². The number of fused-ring (bicyclic) bond motifs is 1. The second-order valence-electron chi connectivity index (χ2n) is 6.44. The third-order valence-electron chi connectivity index (χ3n) is 4.66. The highest BCUT2D eigenvalue weighted by molar-refractivity contribution is 8.13. The van der Waals surface area contributed by atoms with Crippen LogP contribution in [-0.4, -0.2) is 44.3 Å². The number of para-hydroxylation sites is 2. The van der Waals surface area contributed by atoms with Crippen LogP contribution in [-0.2, 0) is 15.6 Å². The zero-order valence-electron chi connectivity index (χ0n) is 14.4. The Kier molecular flexibility index (Phi) is 4.67. The summed E-state index contributed by atoms with van der Waals surface area (Å²) < 4.78 is 29.8. The normalized spacial score (nSPS) is 23.6. The molecule has 0 amide bonds. The first-order valence-electron chi connectivity index (χ1n) is 8.44. The van der Waals surface area contributed by atoms with Crippen molar-refractivity contribution in [2.45, 2.75) is 17.8 Å². The summed E-state index contributed by atoms with van der Waals surface area (Å²) in [4.78, 5) is 6.82. The molecule has 5 nitrogen and oxygen atoms in total. The van der Waals surface area contributed by atoms with Crippen molar-refractivity contribution in [2.24, 2.45) is 4.99 Å². The molecule has 7 heteroatoms. The summed E-state index contributed by atoms with van der Waals surface area (Å²) in [5, 5.41) is 0.864. The molecule has 1 fully saturated rings. The van der Waals surface area contributed by atoms with Crippen LogP contribution in [0.3, 0.4) is 0 Å². The fraction of sp³-hybridized carbons (Fsp3) is 0.316. The van der Waals surface area contributed by atoms with Gasteiger partial charge < -0.3 is 9.64 Å². The van der Waals surface area contributed by atoms with E-state index in [-0.39, 0.29) is 23.6 Å². The predicted molar refractivity (Wildman–Crippen MR) is 107 cm³/mol. The summed E-state index contributed by atoms with van der Waals surface area (Å²) in [5.74, 6) is 1.77. The molecule has 0 spiro atoms. The summed E-state index contributed by atoms with van der Waals surface area (Å²) in [6.45, 7) is 0. The molecule has 2 aliphatic rings. The Morgan fingerprint density at radius 3 is 2.62 bits per heavy atom. The third kappa shape index (κ3) is 3.33. The highest BCUT2D eigenvalue weighted by Crippen LogP contribution is 2.39. The molecule has 136 valence electrons. The molecular formula is C19H20N2O3S2. The van der Waals surface area contributed by atoms with Gasteiger partial charge in [-0.1, -0.05) is 54.2 Å². The van der Waals surface area contributed by atoms with Crippen LogP contribution < -0.4 is 9.64 Å². The number of amidine groups is 1. The minimum absolute atomic E-state index is 0.124. The van der Waals surface area contributed by atoms with Crippen molar-refractivity contribution < 1.29 is 13.2 Å². The predicted octanol–water partition coefficient (Wildman–Crippen LogP) is 2.97. The molecular weight excluding hydrogens is 368 g/mol. The molecule has 0 unspecified atom stereocenters. The van der Waals surface area contributed by atoms with Crippen molar-refractivity contribution in [1.82, 2.24) is 0 Å². The molecule has 2 aromatic carbocycles. The molecule has 0 saturated carbocycles. The van der Waals surface area contributed by atoms with E-state index in [0.29, 0.717) is 0 Å². The number of nitrogens with zero attached hydrogens (tertiary/aromatic N) is 2. The summed E-state index contributed by atoms with van der Waals surface area (Å²) in [5.41, 5.74) is 2.09. The average molecular weight is 389 g/mol. The third-order valence-corrected chi connectivity index (χ3v) is 7.40. The number of sulfone groups is 1. The van der Waals surface area contributed by atoms with Crippen LogP contribution in [0.2, 0.25) is 0 Å². The molecule has 0 aliphatic carbocycles. The van der Waals surface area contributed by atoms with Gasteiger partial charge in [0.2, 0.25) is 0 Å². The number of benzene rings is 2. The molecule has 26 heavy (non-hydrogen) atoms. The lowest BCUT2D eigenvalue weighted by Gasteiger charge is -2.27. The smallest absolute Gasteiger partial charge is 0.164 e. The Morgan fingerprint density at radius 1 is 1.12 bits per heavy atom. The van der Waals surface area contributed by atoms with Gasteiger partial charge in [0.1, 0.15) is 5.75 Å². The van der Waals surface area contributed by atoms with Gasteiger partial charge in [-0.25, -0.2) is 8.42 Å². The minimum atomic E-state index is -3.06. The number of rotatable bonds is 4. The van der Waals surface area contributed by atoms with Gasteiger partial charge in [-0.2, -0.15) is 0 Å². The van der Waals surface area contributed by atoms with Crippen molar-refractivity contribution in [1.29, 1.82) is 0 Å². The van der Waals surface area contributed by atoms with E-state index < -0.39 is 9.84 Å². The van der Waals surface area contributed by atoms with Gasteiger partial charge >= 0.3 is 0 Å². The van der Waals surface area contributed by atoms with E-state index in [1.165, 1.54) is 5.56 Å². The number of hydrogen-bond donors (Lipinski definition) is 0. The van der Waals surface area contributed by atoms with Gasteiger partial charge in [-0.05, 0) is 17.7 Å². The van der Waals surface area contributed by atoms with E-state index in [4.69, 9.17) is 9.73 Å². The number of ether oxygens (including phenoxy) is 1. The van der Waals surface area contributed by atoms with Crippen molar-refractivity contribution in [3.8, 4) is 5.75 Å². The highest BCUT2D eigenvalue weighted by Gasteiger charge is 2.47. The van der Waals surface area contributed by atoms with Crippen LogP contribution in [0.4, 0.5) is 5.69 Å². The highest BCUT2D eigenvalue weighted by atomic mass is 32.2. The van der Waals surface area contributed by atoms with Crippen molar-refractivity contribution >= 4 is 32.5 Å². The van der Waals surface area contributed by atoms with Crippen LogP contribution in [0.25, 0.3) is 0 Å². The fourth-order valence-electron chi connectivity index (χ4n) is 3.47. The Hall–Kier alpha value is -1.99. The lowest BCUT2D eigenvalue weighted by Crippen LogP contribution is -2.39. The van der Waals surface area contributed by atoms with Gasteiger partial charge in [0.15, 0.2) is 15.0 Å². The number of methoxy groups -OCH3 is 1. The van der Waals surface area contributed by atoms with Crippen molar-refractivity contribution in [3.63, 3.8) is 0 Å². The standard InChI is InChI=1S/C19H20N2O3S2/c1-24-18-10-6-5-9-16(18)21-17-13-26(22,23)12-15(17)20-19(21)25-11-14-7-3-2-4-8-14/h2-10,15,17H,11-13H2,1H3/t15-,17-/m1/s1. The Labute approximate surface area is 158 Å². The van der Waals surface area contributed by atoms with Crippen LogP contribution >= 0.6 is 11.8 Å². The first-order chi connectivity index (χ1) is 12.6. The summed E-state index contributed by atoms with van der Waals surface area (Å²) >= 11 is 1.64. The second-order valence-corrected chi connectivity index (χ2v) is 9.54. The molecule has 2 heterocycles. The summed E-state index contributed by atoms with van der Waals surface area (Å²) in [6, 6.07) is 17.6. The Morgan fingerprint density at radius 2 is 1.85 bits per heavy atom. The number of anilines is 1. The summed E-state index contributed by atoms with van der Waals surface area (Å²) in [7, 11) is -1.42. The Bertz CT molecular complexity index is 929. The van der Waals surface area contributed by atoms with Gasteiger partial charge in [0, 0.05) is 5.75 Å². The molecule has 4 rings (SSSR count). The zero-order chi connectivity index (χ0) is 18.1. The van der Waals surface area contributed by atoms with Gasteiger partial charge in [-0.15, -0.1) is 0 Å². The zero-order valence-corrected chi connectivity index (χ0v) is 16.0. The van der Waals surface area contributed by atoms with Gasteiger partial charge in [-0.3, -0.25) is 4.99 Å². The maximum Gasteiger partial charge on any atom is 0.164 e. The lowest BCUT2D eigenvalue weighted by atomic mass is 10.1. The largest absolute Gasteiger partial charge is 0.495 e. The molecule has 0 bridgehead atoms. The molecule has 0 aromatic heterocycles. The van der Waals surface area contributed by atoms with Crippen LogP contribution in [0.1, 0.15) is 5.56 Å². The van der Waals surface area contributed by atoms with Crippen molar-refractivity contribution in [3.05, 3.63) is 60.2 Å². The van der Waals surface area contributed by atoms with E-state index in [9.17, 15) is 8.42 Å². The molecule has 0 N–H and O–H groups in total. The van der Waals surface area contributed by atoms with Crippen LogP contribution in [0.15, 0.2) is 59.6 Å². The maximum atomic E-state index is 12.1. The average Bonchev–Trinajstić information content (AvgIpc) is 3.11. The summed E-state index contributed by atoms with van der Waals surface area (Å²) in [6.07, 6.45) is 0. The van der Waals surface area contributed by atoms with Crippen LogP contribution in [0, 0.1) is 0 Å². The second kappa shape index (κ2) is 6.96. The number of aliphatic imine (C=N–C) groups is 1. The molecule has 2 aromatic rings. The molecule has 0 radical (unpaired) electrons. The molecule has 2 atom stereocenters. The van der Waals surface area contributed by atoms with Gasteiger partial charge in [0.25, 0.3) is 0 Å². The molecule has 2 aliphatic heterocycles. The van der Waals surface area contributed by atoms with E-state index in [1.807, 2.05) is 42.5 Å². The van der Waals surface area contributed by atoms with Crippen molar-refractivity contribution in [2.75, 3.05) is 23.5 Å². The SMILES string of the molecule is COc1ccccc1N1C(SCc2ccccc2)=N[C@@H]2CS(=O)(=O)C[C@H]21. The molecule has 1 saturated heterocycles. The van der Waals surface area contributed by atoms with E-state index >= 15 is 0 Å². The number of thioether (sulfide) groups is 1. The first kappa shape index (κ1) is 17.4. The number of hydrogen-bond acceptors (Lipinski definition) is 6. The monoisotopic (exact) mass is 388 g/mol. The lowest BCUT2D eigenvalue weighted by molar-refractivity contribution is 0.415. The van der Waals surface area contributed by atoms with Gasteiger partial charge in [0.05, 0.1) is 36.4 Å². The maximum absolute atomic E-state index is 12.1. The topological polar surface area (TPSA) is 59.0 Å². The minimum Gasteiger partial charge on any atom is -0.495 e. The first-order valence-corrected chi connectivity index (χ1v) is 11.3. The van der Waals surface area contributed by atoms with E-state index in [0.717, 1.165) is 22.4 Å². The van der Waals surface area contributed by atoms with E-state index in [2.05, 4.69) is 17.0 Å². The quantitative estimate of drug-likeness (QED) is 0.806. The fourth-order valence-corrected chi connectivity index (χ4v) is 6.38.